The molecule has 0 radical (unpaired) electrons. The first-order valence-corrected chi connectivity index (χ1v) is 17.2. The summed E-state index contributed by atoms with van der Waals surface area (Å²) in [5, 5.41) is 23.6. The van der Waals surface area contributed by atoms with Crippen molar-refractivity contribution in [2.75, 3.05) is 13.1 Å². The van der Waals surface area contributed by atoms with Crippen LogP contribution in [-0.4, -0.2) is 52.4 Å². The van der Waals surface area contributed by atoms with Gasteiger partial charge in [-0.2, -0.15) is 0 Å². The van der Waals surface area contributed by atoms with Gasteiger partial charge in [0.05, 0.1) is 0 Å². The van der Waals surface area contributed by atoms with Gasteiger partial charge in [0.15, 0.2) is 0 Å². The van der Waals surface area contributed by atoms with E-state index in [1.54, 1.807) is 0 Å². The molecule has 2 aliphatic carbocycles. The van der Waals surface area contributed by atoms with Crippen LogP contribution in [0, 0.1) is 23.7 Å². The van der Waals surface area contributed by atoms with Gasteiger partial charge in [0.2, 0.25) is 5.91 Å². The third-order valence-corrected chi connectivity index (χ3v) is 8.07. The number of aliphatic hydroxyl groups is 2. The summed E-state index contributed by atoms with van der Waals surface area (Å²) in [6.45, 7) is 5.32. The van der Waals surface area contributed by atoms with E-state index in [4.69, 9.17) is 5.73 Å². The molecule has 2 aromatic rings. The number of amides is 1. The summed E-state index contributed by atoms with van der Waals surface area (Å²) >= 11 is 0. The highest BCUT2D eigenvalue weighted by Crippen LogP contribution is 2.28. The number of ether oxygens (including phenoxy) is 1. The number of benzene rings is 2. The summed E-state index contributed by atoms with van der Waals surface area (Å²) < 4.78 is 3.97. The van der Waals surface area contributed by atoms with Crippen molar-refractivity contribution < 1.29 is 29.3 Å². The zero-order valence-corrected chi connectivity index (χ0v) is 29.0. The van der Waals surface area contributed by atoms with Gasteiger partial charge in [0.25, 0.3) is 0 Å². The van der Waals surface area contributed by atoms with Gasteiger partial charge in [0, 0.05) is 38.4 Å². The van der Waals surface area contributed by atoms with Crippen LogP contribution in [0.1, 0.15) is 120 Å². The highest BCUT2D eigenvalue weighted by Gasteiger charge is 2.27. The molecular formula is C40H54N2O6. The van der Waals surface area contributed by atoms with Crippen LogP contribution in [0.4, 0.5) is 0 Å². The summed E-state index contributed by atoms with van der Waals surface area (Å²) in [6.07, 6.45) is 13.8. The second-order valence-electron chi connectivity index (χ2n) is 12.6. The molecule has 2 aliphatic rings. The van der Waals surface area contributed by atoms with Gasteiger partial charge in [-0.3, -0.25) is 14.4 Å². The number of nitrogens with one attached hydrogen (secondary N) is 1. The van der Waals surface area contributed by atoms with Gasteiger partial charge in [-0.1, -0.05) is 60.8 Å². The number of hydrogen-bond donors (Lipinski definition) is 4. The number of nitrogens with two attached hydrogens (primary N) is 1. The lowest BCUT2D eigenvalue weighted by Crippen LogP contribution is -2.29. The number of aryl methyl sites for hydroxylation is 2. The van der Waals surface area contributed by atoms with Crippen molar-refractivity contribution in [2.24, 2.45) is 5.73 Å². The minimum atomic E-state index is -0.792. The van der Waals surface area contributed by atoms with Crippen molar-refractivity contribution in [3.8, 4) is 23.7 Å². The normalized spacial score (nSPS) is 15.6. The lowest BCUT2D eigenvalue weighted by Gasteiger charge is -2.26. The molecule has 2 fully saturated rings. The van der Waals surface area contributed by atoms with E-state index in [1.807, 2.05) is 24.3 Å². The predicted molar refractivity (Wildman–Crippen MR) is 190 cm³/mol. The lowest BCUT2D eigenvalue weighted by atomic mass is 9.85. The Balaban J connectivity index is 0.000000281. The van der Waals surface area contributed by atoms with Gasteiger partial charge in [-0.05, 0) is 119 Å². The Labute approximate surface area is 287 Å². The predicted octanol–water partition coefficient (Wildman–Crippen LogP) is 5.52. The molecule has 0 spiro atoms. The molecule has 2 aromatic carbocycles. The average molecular weight is 659 g/mol. The van der Waals surface area contributed by atoms with Crippen LogP contribution in [0.3, 0.4) is 0 Å². The van der Waals surface area contributed by atoms with E-state index in [0.717, 1.165) is 94.7 Å². The first-order valence-electron chi connectivity index (χ1n) is 17.2. The van der Waals surface area contributed by atoms with Crippen LogP contribution < -0.4 is 11.1 Å². The SMILES string of the molecule is CC(=O)NCCCc1cccc(C#CC2(O)CCCCC2)c1.CC(=O)OC(C)=O.NCCCc1cccc(C#CC2(O)CCCCC2)c1. The number of rotatable bonds is 7. The van der Waals surface area contributed by atoms with Gasteiger partial charge >= 0.3 is 11.9 Å². The van der Waals surface area contributed by atoms with E-state index in [2.05, 4.69) is 58.0 Å². The van der Waals surface area contributed by atoms with Crippen LogP contribution in [0.2, 0.25) is 0 Å². The van der Waals surface area contributed by atoms with Crippen molar-refractivity contribution in [1.29, 1.82) is 0 Å². The van der Waals surface area contributed by atoms with Crippen molar-refractivity contribution in [1.82, 2.24) is 5.32 Å². The molecule has 0 bridgehead atoms. The molecule has 0 heterocycles. The summed E-state index contributed by atoms with van der Waals surface area (Å²) in [6, 6.07) is 16.4. The zero-order valence-electron chi connectivity index (χ0n) is 29.0. The van der Waals surface area contributed by atoms with Crippen molar-refractivity contribution >= 4 is 17.8 Å². The second kappa shape index (κ2) is 21.8. The number of esters is 2. The summed E-state index contributed by atoms with van der Waals surface area (Å²) in [5.41, 5.74) is 8.41. The molecule has 0 unspecified atom stereocenters. The number of hydrogen-bond acceptors (Lipinski definition) is 7. The molecule has 0 aliphatic heterocycles. The molecule has 0 saturated heterocycles. The number of carbonyl (C=O) groups is 3. The van der Waals surface area contributed by atoms with E-state index in [-0.39, 0.29) is 5.91 Å². The van der Waals surface area contributed by atoms with Crippen LogP contribution in [0.5, 0.6) is 0 Å². The Morgan fingerprint density at radius 1 is 0.729 bits per heavy atom. The largest absolute Gasteiger partial charge is 0.394 e. The maximum absolute atomic E-state index is 10.8. The monoisotopic (exact) mass is 658 g/mol. The highest BCUT2D eigenvalue weighted by atomic mass is 16.6. The molecule has 0 atom stereocenters. The molecule has 5 N–H and O–H groups in total. The summed E-state index contributed by atoms with van der Waals surface area (Å²) in [7, 11) is 0. The smallest absolute Gasteiger partial charge is 0.310 e. The minimum absolute atomic E-state index is 0.0142. The van der Waals surface area contributed by atoms with Crippen LogP contribution >= 0.6 is 0 Å². The topological polar surface area (TPSA) is 139 Å². The van der Waals surface area contributed by atoms with Crippen LogP contribution in [-0.2, 0) is 32.0 Å². The fraction of sp³-hybridized carbons (Fsp3) is 0.525. The van der Waals surface area contributed by atoms with Crippen LogP contribution in [0.25, 0.3) is 0 Å². The molecule has 0 aromatic heterocycles. The highest BCUT2D eigenvalue weighted by molar-refractivity contribution is 5.82. The Hall–Kier alpha value is -3.95. The van der Waals surface area contributed by atoms with Gasteiger partial charge in [-0.25, -0.2) is 0 Å². The molecule has 48 heavy (non-hydrogen) atoms. The quantitative estimate of drug-likeness (QED) is 0.133. The molecule has 2 saturated carbocycles. The Morgan fingerprint density at radius 3 is 1.54 bits per heavy atom. The Bertz CT molecular complexity index is 1420. The molecule has 4 rings (SSSR count). The molecule has 8 nitrogen and oxygen atoms in total. The fourth-order valence-corrected chi connectivity index (χ4v) is 5.58. The van der Waals surface area contributed by atoms with Gasteiger partial charge < -0.3 is 26.0 Å². The first-order chi connectivity index (χ1) is 22.9. The standard InChI is InChI=1S/C19H25NO2.C17H23NO.C4H6O3/c1-16(21)20-14-6-9-17-7-5-8-18(15-17)10-13-19(22)11-3-2-4-12-19;18-13-5-8-15-6-4-7-16(14-15)9-12-17(19)10-2-1-3-11-17;1-3(5)7-4(2)6/h5,7-8,15,22H,2-4,6,9,11-12,14H2,1H3,(H,20,21);4,6-7,14,19H,1-3,5,8,10-11,13,18H2;1-2H3. The molecule has 1 amide bonds. The van der Waals surface area contributed by atoms with E-state index in [9.17, 15) is 24.6 Å². The van der Waals surface area contributed by atoms with Crippen molar-refractivity contribution in [3.63, 3.8) is 0 Å². The second-order valence-corrected chi connectivity index (χ2v) is 12.6. The Morgan fingerprint density at radius 2 is 1.17 bits per heavy atom. The third-order valence-electron chi connectivity index (χ3n) is 8.07. The number of carbonyl (C=O) groups excluding carboxylic acids is 3. The molecule has 260 valence electrons. The van der Waals surface area contributed by atoms with Gasteiger partial charge in [-0.15, -0.1) is 0 Å². The zero-order chi connectivity index (χ0) is 35.3. The van der Waals surface area contributed by atoms with Gasteiger partial charge in [0.1, 0.15) is 11.2 Å². The van der Waals surface area contributed by atoms with Crippen molar-refractivity contribution in [3.05, 3.63) is 70.8 Å². The van der Waals surface area contributed by atoms with E-state index < -0.39 is 23.1 Å². The maximum atomic E-state index is 10.8. The first kappa shape index (κ1) is 40.2. The third kappa shape index (κ3) is 17.8. The lowest BCUT2D eigenvalue weighted by molar-refractivity contribution is -0.156. The molecular weight excluding hydrogens is 604 g/mol. The van der Waals surface area contributed by atoms with E-state index >= 15 is 0 Å². The van der Waals surface area contributed by atoms with E-state index in [0.29, 0.717) is 6.54 Å². The maximum Gasteiger partial charge on any atom is 0.310 e. The minimum Gasteiger partial charge on any atom is -0.394 e. The fourth-order valence-electron chi connectivity index (χ4n) is 5.58. The van der Waals surface area contributed by atoms with E-state index in [1.165, 1.54) is 44.7 Å². The average Bonchev–Trinajstić information content (AvgIpc) is 3.05. The molecule has 8 heteroatoms. The summed E-state index contributed by atoms with van der Waals surface area (Å²) in [4.78, 5) is 30.4. The van der Waals surface area contributed by atoms with Crippen molar-refractivity contribution in [2.45, 2.75) is 122 Å². The Kier molecular flexibility index (Phi) is 18.3. The summed E-state index contributed by atoms with van der Waals surface area (Å²) in [5.74, 6) is 11.3. The van der Waals surface area contributed by atoms with Crippen LogP contribution in [0.15, 0.2) is 48.5 Å².